The van der Waals surface area contributed by atoms with Crippen LogP contribution in [-0.2, 0) is 9.47 Å². The molecule has 0 spiro atoms. The van der Waals surface area contributed by atoms with Crippen LogP contribution in [0.4, 0.5) is 0 Å². The summed E-state index contributed by atoms with van der Waals surface area (Å²) in [6.45, 7) is 5.72. The zero-order valence-corrected chi connectivity index (χ0v) is 10.3. The third-order valence-corrected chi connectivity index (χ3v) is 2.31. The van der Waals surface area contributed by atoms with Crippen molar-refractivity contribution < 1.29 is 13.9 Å². The summed E-state index contributed by atoms with van der Waals surface area (Å²) in [7, 11) is 0. The average molecular weight is 226 g/mol. The highest BCUT2D eigenvalue weighted by Crippen LogP contribution is 2.20. The minimum Gasteiger partial charge on any atom is -0.464 e. The van der Waals surface area contributed by atoms with E-state index in [0.717, 1.165) is 31.4 Å². The Morgan fingerprint density at radius 2 is 1.75 bits per heavy atom. The molecule has 3 heteroatoms. The average Bonchev–Trinajstić information content (AvgIpc) is 2.81. The number of hydrogen-bond acceptors (Lipinski definition) is 3. The number of unbranched alkanes of at least 4 members (excludes halogenated alkanes) is 2. The van der Waals surface area contributed by atoms with Gasteiger partial charge in [0.2, 0.25) is 6.29 Å². The molecular weight excluding hydrogens is 204 g/mol. The van der Waals surface area contributed by atoms with Crippen molar-refractivity contribution in [1.82, 2.24) is 0 Å². The van der Waals surface area contributed by atoms with Crippen molar-refractivity contribution in [2.24, 2.45) is 0 Å². The van der Waals surface area contributed by atoms with Crippen LogP contribution in [0.15, 0.2) is 22.8 Å². The standard InChI is InChI=1S/C13H22O3/c1-3-5-9-15-13(16-10-6-4-2)12-8-7-11-14-12/h7-8,11,13H,3-6,9-10H2,1-2H3. The second-order valence-electron chi connectivity index (χ2n) is 3.80. The van der Waals surface area contributed by atoms with Gasteiger partial charge in [-0.25, -0.2) is 0 Å². The molecule has 0 unspecified atom stereocenters. The van der Waals surface area contributed by atoms with Gasteiger partial charge < -0.3 is 13.9 Å². The van der Waals surface area contributed by atoms with Gasteiger partial charge in [-0.2, -0.15) is 0 Å². The van der Waals surface area contributed by atoms with E-state index < -0.39 is 0 Å². The van der Waals surface area contributed by atoms with E-state index in [2.05, 4.69) is 13.8 Å². The zero-order chi connectivity index (χ0) is 11.6. The second-order valence-corrected chi connectivity index (χ2v) is 3.80. The minimum absolute atomic E-state index is 0.340. The minimum atomic E-state index is -0.340. The summed E-state index contributed by atoms with van der Waals surface area (Å²) in [6.07, 6.45) is 5.66. The Labute approximate surface area is 97.7 Å². The highest BCUT2D eigenvalue weighted by molar-refractivity contribution is 4.99. The predicted octanol–water partition coefficient (Wildman–Crippen LogP) is 3.91. The van der Waals surface area contributed by atoms with Crippen LogP contribution in [0.25, 0.3) is 0 Å². The van der Waals surface area contributed by atoms with E-state index in [1.54, 1.807) is 6.26 Å². The summed E-state index contributed by atoms with van der Waals surface area (Å²) in [5.74, 6) is 0.757. The molecule has 3 nitrogen and oxygen atoms in total. The SMILES string of the molecule is CCCCOC(OCCCC)c1ccco1. The molecule has 0 saturated heterocycles. The molecule has 92 valence electrons. The van der Waals surface area contributed by atoms with Gasteiger partial charge in [0, 0.05) is 0 Å². The smallest absolute Gasteiger partial charge is 0.217 e. The molecule has 0 N–H and O–H groups in total. The maximum absolute atomic E-state index is 5.66. The molecule has 1 heterocycles. The van der Waals surface area contributed by atoms with Crippen LogP contribution in [0.2, 0.25) is 0 Å². The quantitative estimate of drug-likeness (QED) is 0.472. The van der Waals surface area contributed by atoms with E-state index in [1.165, 1.54) is 0 Å². The van der Waals surface area contributed by atoms with Gasteiger partial charge in [-0.15, -0.1) is 0 Å². The van der Waals surface area contributed by atoms with Gasteiger partial charge >= 0.3 is 0 Å². The normalized spacial score (nSPS) is 11.2. The van der Waals surface area contributed by atoms with Gasteiger partial charge in [0.15, 0.2) is 5.76 Å². The second kappa shape index (κ2) is 8.36. The fraction of sp³-hybridized carbons (Fsp3) is 0.692. The van der Waals surface area contributed by atoms with Gasteiger partial charge in [-0.1, -0.05) is 26.7 Å². The third-order valence-electron chi connectivity index (χ3n) is 2.31. The summed E-state index contributed by atoms with van der Waals surface area (Å²) in [4.78, 5) is 0. The maximum atomic E-state index is 5.66. The summed E-state index contributed by atoms with van der Waals surface area (Å²) >= 11 is 0. The monoisotopic (exact) mass is 226 g/mol. The molecule has 0 aliphatic rings. The molecule has 0 bridgehead atoms. The van der Waals surface area contributed by atoms with E-state index in [9.17, 15) is 0 Å². The van der Waals surface area contributed by atoms with Gasteiger partial charge in [-0.05, 0) is 25.0 Å². The van der Waals surface area contributed by atoms with Gasteiger partial charge in [-0.3, -0.25) is 0 Å². The van der Waals surface area contributed by atoms with E-state index >= 15 is 0 Å². The first-order chi connectivity index (χ1) is 7.88. The van der Waals surface area contributed by atoms with Crippen LogP contribution in [-0.4, -0.2) is 13.2 Å². The van der Waals surface area contributed by atoms with Gasteiger partial charge in [0.25, 0.3) is 0 Å². The Bertz CT molecular complexity index is 234. The van der Waals surface area contributed by atoms with Crippen LogP contribution in [0.1, 0.15) is 51.6 Å². The summed E-state index contributed by atoms with van der Waals surface area (Å²) in [5.41, 5.74) is 0. The zero-order valence-electron chi connectivity index (χ0n) is 10.3. The van der Waals surface area contributed by atoms with Gasteiger partial charge in [0.05, 0.1) is 19.5 Å². The summed E-state index contributed by atoms with van der Waals surface area (Å²) in [6, 6.07) is 3.75. The van der Waals surface area contributed by atoms with Crippen molar-refractivity contribution in [2.75, 3.05) is 13.2 Å². The third kappa shape index (κ3) is 4.81. The van der Waals surface area contributed by atoms with Crippen molar-refractivity contribution in [3.05, 3.63) is 24.2 Å². The number of rotatable bonds is 9. The first kappa shape index (κ1) is 13.3. The molecular formula is C13H22O3. The van der Waals surface area contributed by atoms with E-state index in [1.807, 2.05) is 12.1 Å². The Kier molecular flexibility index (Phi) is 6.93. The summed E-state index contributed by atoms with van der Waals surface area (Å²) in [5, 5.41) is 0. The molecule has 0 aliphatic carbocycles. The van der Waals surface area contributed by atoms with Crippen molar-refractivity contribution in [3.8, 4) is 0 Å². The lowest BCUT2D eigenvalue weighted by molar-refractivity contribution is -0.158. The highest BCUT2D eigenvalue weighted by Gasteiger charge is 2.14. The number of furan rings is 1. The molecule has 0 atom stereocenters. The summed E-state index contributed by atoms with van der Waals surface area (Å²) < 4.78 is 16.6. The lowest BCUT2D eigenvalue weighted by atomic mass is 10.3. The fourth-order valence-electron chi connectivity index (χ4n) is 1.31. The Morgan fingerprint density at radius 3 is 2.19 bits per heavy atom. The first-order valence-electron chi connectivity index (χ1n) is 6.15. The largest absolute Gasteiger partial charge is 0.464 e. The molecule has 1 aromatic heterocycles. The topological polar surface area (TPSA) is 31.6 Å². The Balaban J connectivity index is 2.36. The molecule has 16 heavy (non-hydrogen) atoms. The molecule has 0 fully saturated rings. The fourth-order valence-corrected chi connectivity index (χ4v) is 1.31. The first-order valence-corrected chi connectivity index (χ1v) is 6.15. The van der Waals surface area contributed by atoms with E-state index in [0.29, 0.717) is 13.2 Å². The lowest BCUT2D eigenvalue weighted by Crippen LogP contribution is -2.10. The van der Waals surface area contributed by atoms with E-state index in [4.69, 9.17) is 13.9 Å². The molecule has 0 aliphatic heterocycles. The van der Waals surface area contributed by atoms with Crippen LogP contribution in [0.5, 0.6) is 0 Å². The van der Waals surface area contributed by atoms with Crippen LogP contribution < -0.4 is 0 Å². The molecule has 0 saturated carbocycles. The maximum Gasteiger partial charge on any atom is 0.217 e. The van der Waals surface area contributed by atoms with Crippen LogP contribution in [0, 0.1) is 0 Å². The molecule has 0 aromatic carbocycles. The lowest BCUT2D eigenvalue weighted by Gasteiger charge is -2.16. The Morgan fingerprint density at radius 1 is 1.12 bits per heavy atom. The Hall–Kier alpha value is -0.800. The van der Waals surface area contributed by atoms with Crippen molar-refractivity contribution >= 4 is 0 Å². The molecule has 1 aromatic rings. The number of hydrogen-bond donors (Lipinski definition) is 0. The van der Waals surface area contributed by atoms with Crippen molar-refractivity contribution in [2.45, 2.75) is 45.8 Å². The number of ether oxygens (including phenoxy) is 2. The van der Waals surface area contributed by atoms with Crippen molar-refractivity contribution in [3.63, 3.8) is 0 Å². The van der Waals surface area contributed by atoms with Crippen LogP contribution in [0.3, 0.4) is 0 Å². The molecule has 0 amide bonds. The molecule has 0 radical (unpaired) electrons. The highest BCUT2D eigenvalue weighted by atomic mass is 16.7. The van der Waals surface area contributed by atoms with Crippen LogP contribution >= 0.6 is 0 Å². The van der Waals surface area contributed by atoms with Crippen molar-refractivity contribution in [1.29, 1.82) is 0 Å². The van der Waals surface area contributed by atoms with Gasteiger partial charge in [0.1, 0.15) is 0 Å². The van der Waals surface area contributed by atoms with E-state index in [-0.39, 0.29) is 6.29 Å². The molecule has 1 rings (SSSR count). The predicted molar refractivity (Wildman–Crippen MR) is 63.2 cm³/mol.